The van der Waals surface area contributed by atoms with Gasteiger partial charge >= 0.3 is 0 Å². The minimum atomic E-state index is -0.316. The summed E-state index contributed by atoms with van der Waals surface area (Å²) < 4.78 is 0. The van der Waals surface area contributed by atoms with Gasteiger partial charge in [-0.2, -0.15) is 0 Å². The van der Waals surface area contributed by atoms with Crippen LogP contribution in [-0.2, 0) is 0 Å². The summed E-state index contributed by atoms with van der Waals surface area (Å²) in [6.45, 7) is 11.0. The van der Waals surface area contributed by atoms with Gasteiger partial charge in [0.15, 0.2) is 0 Å². The molecule has 0 saturated heterocycles. The Bertz CT molecular complexity index is 772. The van der Waals surface area contributed by atoms with Gasteiger partial charge in [0.25, 0.3) is 11.8 Å². The van der Waals surface area contributed by atoms with Crippen LogP contribution in [0.3, 0.4) is 0 Å². The first-order chi connectivity index (χ1) is 11.9. The summed E-state index contributed by atoms with van der Waals surface area (Å²) in [5, 5.41) is 2.92. The third-order valence-electron chi connectivity index (χ3n) is 4.17. The predicted octanol–water partition coefficient (Wildman–Crippen LogP) is 3.74. The molecule has 25 heavy (non-hydrogen) atoms. The Morgan fingerprint density at radius 3 is 2.12 bits per heavy atom. The molecule has 0 atom stereocenters. The van der Waals surface area contributed by atoms with Crippen LogP contribution in [0.4, 0.5) is 5.69 Å². The van der Waals surface area contributed by atoms with E-state index >= 15 is 0 Å². The van der Waals surface area contributed by atoms with Gasteiger partial charge in [-0.05, 0) is 57.9 Å². The standard InChI is InChI=1S/C20H25N3O2/c1-6-23(7-2)20(25)17-10-8-9-16(21-17)19(24)22-18-14(4)11-13(3)12-15(18)5/h8-12H,6-7H2,1-5H3,(H,22,24). The van der Waals surface area contributed by atoms with Crippen molar-refractivity contribution >= 4 is 17.5 Å². The number of aromatic nitrogens is 1. The number of amides is 2. The summed E-state index contributed by atoms with van der Waals surface area (Å²) in [4.78, 5) is 30.9. The summed E-state index contributed by atoms with van der Waals surface area (Å²) in [7, 11) is 0. The largest absolute Gasteiger partial charge is 0.338 e. The Morgan fingerprint density at radius 2 is 1.56 bits per heavy atom. The van der Waals surface area contributed by atoms with E-state index < -0.39 is 0 Å². The summed E-state index contributed by atoms with van der Waals surface area (Å²) >= 11 is 0. The van der Waals surface area contributed by atoms with Crippen molar-refractivity contribution in [3.05, 3.63) is 58.4 Å². The van der Waals surface area contributed by atoms with Gasteiger partial charge in [0.05, 0.1) is 0 Å². The number of rotatable bonds is 5. The lowest BCUT2D eigenvalue weighted by molar-refractivity contribution is 0.0767. The van der Waals surface area contributed by atoms with Crippen LogP contribution < -0.4 is 5.32 Å². The second kappa shape index (κ2) is 7.92. The lowest BCUT2D eigenvalue weighted by Crippen LogP contribution is -2.31. The molecule has 0 unspecified atom stereocenters. The molecule has 1 aromatic carbocycles. The van der Waals surface area contributed by atoms with Gasteiger partial charge in [-0.15, -0.1) is 0 Å². The van der Waals surface area contributed by atoms with Crippen LogP contribution in [0.15, 0.2) is 30.3 Å². The molecular formula is C20H25N3O2. The fourth-order valence-corrected chi connectivity index (χ4v) is 2.91. The fourth-order valence-electron chi connectivity index (χ4n) is 2.91. The van der Waals surface area contributed by atoms with Gasteiger partial charge in [-0.25, -0.2) is 4.98 Å². The number of nitrogens with one attached hydrogen (secondary N) is 1. The topological polar surface area (TPSA) is 62.3 Å². The Labute approximate surface area is 149 Å². The smallest absolute Gasteiger partial charge is 0.274 e. The first-order valence-corrected chi connectivity index (χ1v) is 8.52. The minimum absolute atomic E-state index is 0.164. The van der Waals surface area contributed by atoms with Crippen LogP contribution >= 0.6 is 0 Å². The highest BCUT2D eigenvalue weighted by molar-refractivity contribution is 6.04. The van der Waals surface area contributed by atoms with E-state index in [-0.39, 0.29) is 23.2 Å². The van der Waals surface area contributed by atoms with Crippen molar-refractivity contribution in [3.63, 3.8) is 0 Å². The number of benzene rings is 1. The van der Waals surface area contributed by atoms with Crippen molar-refractivity contribution in [3.8, 4) is 0 Å². The third-order valence-corrected chi connectivity index (χ3v) is 4.17. The summed E-state index contributed by atoms with van der Waals surface area (Å²) in [6.07, 6.45) is 0. The van der Waals surface area contributed by atoms with Gasteiger partial charge in [-0.3, -0.25) is 9.59 Å². The number of pyridine rings is 1. The summed E-state index contributed by atoms with van der Waals surface area (Å²) in [5.41, 5.74) is 4.46. The van der Waals surface area contributed by atoms with E-state index in [2.05, 4.69) is 10.3 Å². The van der Waals surface area contributed by atoms with E-state index in [9.17, 15) is 9.59 Å². The van der Waals surface area contributed by atoms with Crippen LogP contribution in [0, 0.1) is 20.8 Å². The van der Waals surface area contributed by atoms with Crippen molar-refractivity contribution in [2.75, 3.05) is 18.4 Å². The van der Waals surface area contributed by atoms with E-state index in [1.165, 1.54) is 0 Å². The van der Waals surface area contributed by atoms with Crippen LogP contribution in [0.1, 0.15) is 51.5 Å². The highest BCUT2D eigenvalue weighted by atomic mass is 16.2. The van der Waals surface area contributed by atoms with Gasteiger partial charge in [0.1, 0.15) is 11.4 Å². The molecule has 2 aromatic rings. The van der Waals surface area contributed by atoms with Crippen molar-refractivity contribution in [2.45, 2.75) is 34.6 Å². The van der Waals surface area contributed by atoms with Crippen LogP contribution in [0.5, 0.6) is 0 Å². The molecule has 1 N–H and O–H groups in total. The highest BCUT2D eigenvalue weighted by Gasteiger charge is 2.17. The normalized spacial score (nSPS) is 10.4. The molecular weight excluding hydrogens is 314 g/mol. The maximum absolute atomic E-state index is 12.6. The average Bonchev–Trinajstić information content (AvgIpc) is 2.59. The number of carbonyl (C=O) groups excluding carboxylic acids is 2. The van der Waals surface area contributed by atoms with Crippen molar-refractivity contribution in [1.82, 2.24) is 9.88 Å². The summed E-state index contributed by atoms with van der Waals surface area (Å²) in [6, 6.07) is 8.99. The lowest BCUT2D eigenvalue weighted by Gasteiger charge is -2.18. The van der Waals surface area contributed by atoms with E-state index in [0.717, 1.165) is 22.4 Å². The lowest BCUT2D eigenvalue weighted by atomic mass is 10.0. The molecule has 0 fully saturated rings. The zero-order valence-corrected chi connectivity index (χ0v) is 15.5. The van der Waals surface area contributed by atoms with Gasteiger partial charge < -0.3 is 10.2 Å². The van der Waals surface area contributed by atoms with Gasteiger partial charge in [0, 0.05) is 18.8 Å². The molecule has 0 aliphatic carbocycles. The zero-order valence-electron chi connectivity index (χ0n) is 15.5. The predicted molar refractivity (Wildman–Crippen MR) is 100 cm³/mol. The Hall–Kier alpha value is -2.69. The molecule has 2 rings (SSSR count). The van der Waals surface area contributed by atoms with Crippen LogP contribution in [-0.4, -0.2) is 34.8 Å². The number of aryl methyl sites for hydroxylation is 3. The molecule has 0 bridgehead atoms. The summed E-state index contributed by atoms with van der Waals surface area (Å²) in [5.74, 6) is -0.480. The molecule has 2 amide bonds. The molecule has 0 spiro atoms. The van der Waals surface area contributed by atoms with E-state index in [0.29, 0.717) is 13.1 Å². The fraction of sp³-hybridized carbons (Fsp3) is 0.350. The minimum Gasteiger partial charge on any atom is -0.338 e. The van der Waals surface area contributed by atoms with E-state index in [1.54, 1.807) is 23.1 Å². The molecule has 0 saturated carbocycles. The quantitative estimate of drug-likeness (QED) is 0.902. The van der Waals surface area contributed by atoms with E-state index in [1.807, 2.05) is 46.8 Å². The van der Waals surface area contributed by atoms with Crippen LogP contribution in [0.25, 0.3) is 0 Å². The zero-order chi connectivity index (χ0) is 18.6. The molecule has 1 aromatic heterocycles. The van der Waals surface area contributed by atoms with Crippen molar-refractivity contribution in [1.29, 1.82) is 0 Å². The molecule has 0 radical (unpaired) electrons. The second-order valence-corrected chi connectivity index (χ2v) is 6.11. The SMILES string of the molecule is CCN(CC)C(=O)c1cccc(C(=O)Nc2c(C)cc(C)cc2C)n1. The first kappa shape index (κ1) is 18.6. The number of anilines is 1. The average molecular weight is 339 g/mol. The number of carbonyl (C=O) groups is 2. The molecule has 5 nitrogen and oxygen atoms in total. The Morgan fingerprint density at radius 1 is 1.00 bits per heavy atom. The second-order valence-electron chi connectivity index (χ2n) is 6.11. The molecule has 0 aliphatic heterocycles. The number of hydrogen-bond donors (Lipinski definition) is 1. The molecule has 5 heteroatoms. The number of hydrogen-bond acceptors (Lipinski definition) is 3. The first-order valence-electron chi connectivity index (χ1n) is 8.52. The third kappa shape index (κ3) is 4.24. The van der Waals surface area contributed by atoms with Crippen molar-refractivity contribution < 1.29 is 9.59 Å². The van der Waals surface area contributed by atoms with E-state index in [4.69, 9.17) is 0 Å². The van der Waals surface area contributed by atoms with Crippen LogP contribution in [0.2, 0.25) is 0 Å². The molecule has 0 aliphatic rings. The molecule has 132 valence electrons. The van der Waals surface area contributed by atoms with Gasteiger partial charge in [0.2, 0.25) is 0 Å². The maximum atomic E-state index is 12.6. The Balaban J connectivity index is 2.26. The van der Waals surface area contributed by atoms with Gasteiger partial charge in [-0.1, -0.05) is 23.8 Å². The maximum Gasteiger partial charge on any atom is 0.274 e. The number of nitrogens with zero attached hydrogens (tertiary/aromatic N) is 2. The monoisotopic (exact) mass is 339 g/mol. The molecule has 1 heterocycles. The van der Waals surface area contributed by atoms with Crippen molar-refractivity contribution in [2.24, 2.45) is 0 Å². The Kier molecular flexibility index (Phi) is 5.91. The highest BCUT2D eigenvalue weighted by Crippen LogP contribution is 2.22.